The number of aromatic hydroxyl groups is 1. The molecule has 0 fully saturated rings. The van der Waals surface area contributed by atoms with Crippen molar-refractivity contribution in [2.75, 3.05) is 7.11 Å². The number of fused-ring (bicyclic) bond motifs is 1. The second-order valence-electron chi connectivity index (χ2n) is 7.79. The lowest BCUT2D eigenvalue weighted by Gasteiger charge is -2.12. The van der Waals surface area contributed by atoms with Crippen molar-refractivity contribution in [1.82, 2.24) is 4.98 Å². The van der Waals surface area contributed by atoms with Crippen LogP contribution in [0.5, 0.6) is 11.5 Å². The average molecular weight is 435 g/mol. The molecule has 162 valence electrons. The Bertz CT molecular complexity index is 1520. The molecule has 0 aliphatic rings. The molecule has 0 aliphatic heterocycles. The van der Waals surface area contributed by atoms with Gasteiger partial charge in [0.1, 0.15) is 22.6 Å². The molecule has 1 N–H and O–H groups in total. The summed E-state index contributed by atoms with van der Waals surface area (Å²) in [6.07, 6.45) is 0. The molecule has 3 aromatic carbocycles. The molecule has 0 atom stereocenters. The summed E-state index contributed by atoms with van der Waals surface area (Å²) < 4.78 is 10.9. The first-order chi connectivity index (χ1) is 16.0. The first kappa shape index (κ1) is 20.5. The number of ether oxygens (including phenoxy) is 1. The van der Waals surface area contributed by atoms with Crippen molar-refractivity contribution in [3.8, 4) is 45.1 Å². The maximum Gasteiger partial charge on any atom is 0.347 e. The smallest absolute Gasteiger partial charge is 0.347 e. The fourth-order valence-electron chi connectivity index (χ4n) is 3.95. The number of hydrogen-bond acceptors (Lipinski definition) is 5. The Balaban J connectivity index is 1.78. The fraction of sp³-hybridized carbons (Fsp3) is 0.0714. The number of nitrogens with zero attached hydrogens (tertiary/aromatic N) is 1. The number of aryl methyl sites for hydroxylation is 1. The molecule has 5 aromatic rings. The van der Waals surface area contributed by atoms with Gasteiger partial charge in [-0.05, 0) is 60.5 Å². The van der Waals surface area contributed by atoms with Crippen LogP contribution < -0.4 is 10.4 Å². The van der Waals surface area contributed by atoms with E-state index in [0.29, 0.717) is 27.9 Å². The predicted molar refractivity (Wildman–Crippen MR) is 130 cm³/mol. The monoisotopic (exact) mass is 435 g/mol. The van der Waals surface area contributed by atoms with Gasteiger partial charge in [0.15, 0.2) is 0 Å². The Morgan fingerprint density at radius 1 is 0.818 bits per heavy atom. The summed E-state index contributed by atoms with van der Waals surface area (Å²) >= 11 is 0. The number of methoxy groups -OCH3 is 1. The average Bonchev–Trinajstić information content (AvgIpc) is 2.85. The molecule has 0 bridgehead atoms. The van der Waals surface area contributed by atoms with Crippen LogP contribution in [-0.2, 0) is 0 Å². The lowest BCUT2D eigenvalue weighted by atomic mass is 9.99. The van der Waals surface area contributed by atoms with E-state index in [4.69, 9.17) is 14.1 Å². The van der Waals surface area contributed by atoms with E-state index in [1.807, 2.05) is 73.7 Å². The van der Waals surface area contributed by atoms with Crippen molar-refractivity contribution in [1.29, 1.82) is 0 Å². The third kappa shape index (κ3) is 3.74. The zero-order chi connectivity index (χ0) is 22.9. The molecular formula is C28H21NO4. The molecule has 5 rings (SSSR count). The van der Waals surface area contributed by atoms with E-state index < -0.39 is 5.63 Å². The van der Waals surface area contributed by atoms with Gasteiger partial charge in [0.05, 0.1) is 23.9 Å². The van der Waals surface area contributed by atoms with Gasteiger partial charge in [-0.1, -0.05) is 42.5 Å². The number of pyridine rings is 1. The van der Waals surface area contributed by atoms with Gasteiger partial charge in [-0.25, -0.2) is 9.78 Å². The second kappa shape index (κ2) is 8.28. The second-order valence-corrected chi connectivity index (χ2v) is 7.79. The van der Waals surface area contributed by atoms with E-state index in [9.17, 15) is 9.90 Å². The number of benzene rings is 3. The lowest BCUT2D eigenvalue weighted by Crippen LogP contribution is -2.05. The minimum absolute atomic E-state index is 0.101. The van der Waals surface area contributed by atoms with Crippen LogP contribution >= 0.6 is 0 Å². The van der Waals surface area contributed by atoms with Crippen LogP contribution in [0.3, 0.4) is 0 Å². The summed E-state index contributed by atoms with van der Waals surface area (Å²) in [6.45, 7) is 1.84. The van der Waals surface area contributed by atoms with Crippen LogP contribution in [0.25, 0.3) is 44.6 Å². The summed E-state index contributed by atoms with van der Waals surface area (Å²) in [5.74, 6) is 0.636. The third-order valence-corrected chi connectivity index (χ3v) is 5.67. The van der Waals surface area contributed by atoms with E-state index in [2.05, 4.69) is 0 Å². The molecule has 2 heterocycles. The first-order valence-electron chi connectivity index (χ1n) is 10.5. The van der Waals surface area contributed by atoms with Gasteiger partial charge in [-0.3, -0.25) is 0 Å². The number of para-hydroxylation sites is 1. The van der Waals surface area contributed by atoms with Crippen LogP contribution in [0.15, 0.2) is 94.1 Å². The number of hydrogen-bond donors (Lipinski definition) is 1. The molecular weight excluding hydrogens is 414 g/mol. The maximum absolute atomic E-state index is 13.0. The molecule has 33 heavy (non-hydrogen) atoms. The fourth-order valence-corrected chi connectivity index (χ4v) is 3.95. The summed E-state index contributed by atoms with van der Waals surface area (Å²) in [5.41, 5.74) is 4.32. The Hall–Kier alpha value is -4.38. The Morgan fingerprint density at radius 2 is 1.48 bits per heavy atom. The van der Waals surface area contributed by atoms with Crippen molar-refractivity contribution in [2.45, 2.75) is 6.92 Å². The van der Waals surface area contributed by atoms with E-state index in [1.54, 1.807) is 25.3 Å². The van der Waals surface area contributed by atoms with Crippen LogP contribution in [0.1, 0.15) is 5.56 Å². The van der Waals surface area contributed by atoms with Crippen molar-refractivity contribution >= 4 is 11.0 Å². The largest absolute Gasteiger partial charge is 0.506 e. The van der Waals surface area contributed by atoms with Gasteiger partial charge < -0.3 is 14.3 Å². The normalized spacial score (nSPS) is 11.0. The SMILES string of the molecule is COc1ccc(-c2cc(-c3c(O)c4cccc(C)c4oc3=O)cc(-c3ccccc3)n2)cc1. The standard InChI is InChI=1S/C28H21NO4/c1-17-7-6-10-22-26(30)25(28(31)33-27(17)22)20-15-23(18-8-4-3-5-9-18)29-24(16-20)19-11-13-21(32-2)14-12-19/h3-16,30H,1-2H3. The Morgan fingerprint density at radius 3 is 2.15 bits per heavy atom. The number of rotatable bonds is 4. The van der Waals surface area contributed by atoms with Crippen molar-refractivity contribution in [3.05, 3.63) is 101 Å². The lowest BCUT2D eigenvalue weighted by molar-refractivity contribution is 0.415. The molecule has 0 spiro atoms. The highest BCUT2D eigenvalue weighted by Crippen LogP contribution is 2.37. The highest BCUT2D eigenvalue weighted by Gasteiger charge is 2.19. The summed E-state index contributed by atoms with van der Waals surface area (Å²) in [5, 5.41) is 11.6. The van der Waals surface area contributed by atoms with Crippen LogP contribution in [0.2, 0.25) is 0 Å². The Labute approximate surface area is 190 Å². The third-order valence-electron chi connectivity index (χ3n) is 5.67. The topological polar surface area (TPSA) is 72.6 Å². The van der Waals surface area contributed by atoms with Gasteiger partial charge in [0.25, 0.3) is 0 Å². The predicted octanol–water partition coefficient (Wildman–Crippen LogP) is 6.21. The Kier molecular flexibility index (Phi) is 5.15. The molecule has 5 nitrogen and oxygen atoms in total. The minimum atomic E-state index is -0.597. The summed E-state index contributed by atoms with van der Waals surface area (Å²) in [7, 11) is 1.62. The summed E-state index contributed by atoms with van der Waals surface area (Å²) in [6, 6.07) is 26.2. The molecule has 0 radical (unpaired) electrons. The molecule has 0 amide bonds. The van der Waals surface area contributed by atoms with Gasteiger partial charge in [-0.2, -0.15) is 0 Å². The quantitative estimate of drug-likeness (QED) is 0.340. The van der Waals surface area contributed by atoms with Crippen molar-refractivity contribution < 1.29 is 14.3 Å². The van der Waals surface area contributed by atoms with Gasteiger partial charge in [0.2, 0.25) is 0 Å². The molecule has 0 saturated heterocycles. The van der Waals surface area contributed by atoms with Gasteiger partial charge in [0, 0.05) is 11.1 Å². The van der Waals surface area contributed by atoms with E-state index in [0.717, 1.165) is 22.4 Å². The first-order valence-corrected chi connectivity index (χ1v) is 10.5. The van der Waals surface area contributed by atoms with Crippen LogP contribution in [-0.4, -0.2) is 17.2 Å². The zero-order valence-electron chi connectivity index (χ0n) is 18.2. The highest BCUT2D eigenvalue weighted by molar-refractivity contribution is 5.92. The van der Waals surface area contributed by atoms with Crippen molar-refractivity contribution in [2.24, 2.45) is 0 Å². The van der Waals surface area contributed by atoms with E-state index in [1.165, 1.54) is 0 Å². The van der Waals surface area contributed by atoms with Gasteiger partial charge >= 0.3 is 5.63 Å². The van der Waals surface area contributed by atoms with E-state index >= 15 is 0 Å². The highest BCUT2D eigenvalue weighted by atomic mass is 16.5. The molecule has 0 unspecified atom stereocenters. The van der Waals surface area contributed by atoms with Gasteiger partial charge in [-0.15, -0.1) is 0 Å². The minimum Gasteiger partial charge on any atom is -0.506 e. The maximum atomic E-state index is 13.0. The molecule has 0 aliphatic carbocycles. The van der Waals surface area contributed by atoms with Crippen LogP contribution in [0.4, 0.5) is 0 Å². The van der Waals surface area contributed by atoms with Crippen LogP contribution in [0, 0.1) is 6.92 Å². The number of aromatic nitrogens is 1. The summed E-state index contributed by atoms with van der Waals surface area (Å²) in [4.78, 5) is 17.9. The van der Waals surface area contributed by atoms with Crippen molar-refractivity contribution in [3.63, 3.8) is 0 Å². The van der Waals surface area contributed by atoms with E-state index in [-0.39, 0.29) is 11.3 Å². The molecule has 2 aromatic heterocycles. The molecule has 0 saturated carbocycles. The zero-order valence-corrected chi connectivity index (χ0v) is 18.2. The molecule has 5 heteroatoms.